The van der Waals surface area contributed by atoms with Crippen LogP contribution in [0.25, 0.3) is 0 Å². The zero-order valence-electron chi connectivity index (χ0n) is 18.8. The molecular formula is C25H23FN4O5. The number of rotatable bonds is 9. The molecule has 0 aliphatic carbocycles. The van der Waals surface area contributed by atoms with Crippen LogP contribution in [-0.2, 0) is 20.9 Å². The zero-order chi connectivity index (χ0) is 25.0. The summed E-state index contributed by atoms with van der Waals surface area (Å²) in [5.41, 5.74) is 3.25. The van der Waals surface area contributed by atoms with Crippen molar-refractivity contribution < 1.29 is 28.2 Å². The molecule has 9 nitrogen and oxygen atoms in total. The Morgan fingerprint density at radius 1 is 0.943 bits per heavy atom. The molecule has 3 aromatic carbocycles. The molecule has 10 heteroatoms. The van der Waals surface area contributed by atoms with Crippen LogP contribution < -0.4 is 25.5 Å². The molecule has 0 fully saturated rings. The van der Waals surface area contributed by atoms with E-state index in [0.717, 1.165) is 11.6 Å². The number of methoxy groups -OCH3 is 1. The molecule has 0 aliphatic rings. The Hall–Kier alpha value is -4.73. The molecule has 3 aromatic rings. The van der Waals surface area contributed by atoms with Gasteiger partial charge in [0.15, 0.2) is 18.1 Å². The number of hydrogen-bond acceptors (Lipinski definition) is 6. The number of nitrogens with zero attached hydrogens (tertiary/aromatic N) is 1. The number of carbonyl (C=O) groups excluding carboxylic acids is 3. The fourth-order valence-electron chi connectivity index (χ4n) is 2.89. The molecular weight excluding hydrogens is 455 g/mol. The van der Waals surface area contributed by atoms with Gasteiger partial charge < -0.3 is 20.1 Å². The summed E-state index contributed by atoms with van der Waals surface area (Å²) in [4.78, 5) is 36.2. The van der Waals surface area contributed by atoms with Crippen molar-refractivity contribution in [1.29, 1.82) is 0 Å². The second kappa shape index (κ2) is 12.5. The molecule has 0 saturated heterocycles. The molecule has 0 spiro atoms. The second-order valence-corrected chi connectivity index (χ2v) is 7.06. The lowest BCUT2D eigenvalue weighted by Crippen LogP contribution is -2.32. The third-order valence-corrected chi connectivity index (χ3v) is 4.61. The minimum Gasteiger partial charge on any atom is -0.493 e. The summed E-state index contributed by atoms with van der Waals surface area (Å²) in [7, 11) is 1.44. The molecule has 0 heterocycles. The maximum Gasteiger partial charge on any atom is 0.329 e. The summed E-state index contributed by atoms with van der Waals surface area (Å²) >= 11 is 0. The Morgan fingerprint density at radius 2 is 1.69 bits per heavy atom. The van der Waals surface area contributed by atoms with E-state index in [1.165, 1.54) is 31.5 Å². The van der Waals surface area contributed by atoms with Gasteiger partial charge in [-0.3, -0.25) is 14.4 Å². The van der Waals surface area contributed by atoms with Gasteiger partial charge >= 0.3 is 11.8 Å². The smallest absolute Gasteiger partial charge is 0.329 e. The van der Waals surface area contributed by atoms with Crippen LogP contribution in [0.4, 0.5) is 10.1 Å². The molecule has 0 aromatic heterocycles. The molecule has 35 heavy (non-hydrogen) atoms. The molecule has 3 amide bonds. The van der Waals surface area contributed by atoms with Crippen molar-refractivity contribution in [3.63, 3.8) is 0 Å². The number of hydrazone groups is 1. The molecule has 0 atom stereocenters. The van der Waals surface area contributed by atoms with E-state index < -0.39 is 17.6 Å². The molecule has 0 saturated carbocycles. The Labute approximate surface area is 200 Å². The molecule has 0 aliphatic heterocycles. The first-order valence-corrected chi connectivity index (χ1v) is 10.5. The lowest BCUT2D eigenvalue weighted by Gasteiger charge is -2.13. The van der Waals surface area contributed by atoms with Crippen LogP contribution in [0.1, 0.15) is 11.1 Å². The summed E-state index contributed by atoms with van der Waals surface area (Å²) in [6, 6.07) is 19.8. The maximum absolute atomic E-state index is 13.6. The first-order valence-electron chi connectivity index (χ1n) is 10.5. The Balaban J connectivity index is 1.58. The van der Waals surface area contributed by atoms with Gasteiger partial charge in [0.05, 0.1) is 19.0 Å². The van der Waals surface area contributed by atoms with Gasteiger partial charge in [0.1, 0.15) is 5.82 Å². The quantitative estimate of drug-likeness (QED) is 0.248. The largest absolute Gasteiger partial charge is 0.493 e. The van der Waals surface area contributed by atoms with Crippen LogP contribution in [0, 0.1) is 5.82 Å². The van der Waals surface area contributed by atoms with E-state index in [0.29, 0.717) is 17.9 Å². The first kappa shape index (κ1) is 24.9. The average molecular weight is 478 g/mol. The summed E-state index contributed by atoms with van der Waals surface area (Å²) in [5.74, 6) is -2.66. The van der Waals surface area contributed by atoms with E-state index in [-0.39, 0.29) is 24.0 Å². The van der Waals surface area contributed by atoms with Crippen LogP contribution in [-0.4, -0.2) is 37.7 Å². The normalized spacial score (nSPS) is 10.5. The van der Waals surface area contributed by atoms with Crippen LogP contribution in [0.15, 0.2) is 77.9 Å². The van der Waals surface area contributed by atoms with E-state index in [9.17, 15) is 18.8 Å². The highest BCUT2D eigenvalue weighted by Gasteiger charge is 2.15. The van der Waals surface area contributed by atoms with Gasteiger partial charge in [-0.25, -0.2) is 9.82 Å². The van der Waals surface area contributed by atoms with Crippen molar-refractivity contribution in [1.82, 2.24) is 10.7 Å². The van der Waals surface area contributed by atoms with Crippen molar-refractivity contribution in [2.45, 2.75) is 6.54 Å². The summed E-state index contributed by atoms with van der Waals surface area (Å²) in [6.45, 7) is 0.0652. The molecule has 0 unspecified atom stereocenters. The molecule has 0 radical (unpaired) electrons. The summed E-state index contributed by atoms with van der Waals surface area (Å²) in [5, 5.41) is 8.66. The van der Waals surface area contributed by atoms with Gasteiger partial charge in [0.2, 0.25) is 0 Å². The van der Waals surface area contributed by atoms with Crippen LogP contribution >= 0.6 is 0 Å². The average Bonchev–Trinajstić information content (AvgIpc) is 2.88. The highest BCUT2D eigenvalue weighted by molar-refractivity contribution is 6.39. The highest BCUT2D eigenvalue weighted by atomic mass is 19.1. The van der Waals surface area contributed by atoms with Gasteiger partial charge in [0.25, 0.3) is 5.91 Å². The fraction of sp³-hybridized carbons (Fsp3) is 0.120. The third-order valence-electron chi connectivity index (χ3n) is 4.61. The van der Waals surface area contributed by atoms with E-state index >= 15 is 0 Å². The van der Waals surface area contributed by atoms with Crippen molar-refractivity contribution >= 4 is 29.6 Å². The van der Waals surface area contributed by atoms with E-state index in [4.69, 9.17) is 9.47 Å². The van der Waals surface area contributed by atoms with Crippen LogP contribution in [0.5, 0.6) is 11.5 Å². The Kier molecular flexibility index (Phi) is 8.89. The van der Waals surface area contributed by atoms with Gasteiger partial charge in [0, 0.05) is 12.1 Å². The minimum atomic E-state index is -1.10. The van der Waals surface area contributed by atoms with E-state index in [2.05, 4.69) is 21.2 Å². The SMILES string of the molecule is COc1cccc(/C=N\NC(=O)C(=O)Nc2ccccc2F)c1OCC(=O)NCc1ccccc1. The number of hydrogen-bond donors (Lipinski definition) is 3. The molecule has 0 bridgehead atoms. The lowest BCUT2D eigenvalue weighted by atomic mass is 10.2. The summed E-state index contributed by atoms with van der Waals surface area (Å²) in [6.07, 6.45) is 1.23. The minimum absolute atomic E-state index is 0.134. The van der Waals surface area contributed by atoms with Gasteiger partial charge in [-0.2, -0.15) is 5.10 Å². The Morgan fingerprint density at radius 3 is 2.43 bits per heavy atom. The topological polar surface area (TPSA) is 118 Å². The molecule has 180 valence electrons. The first-order chi connectivity index (χ1) is 17.0. The monoisotopic (exact) mass is 478 g/mol. The van der Waals surface area contributed by atoms with Gasteiger partial charge in [-0.15, -0.1) is 0 Å². The third kappa shape index (κ3) is 7.39. The Bertz CT molecular complexity index is 1220. The van der Waals surface area contributed by atoms with Gasteiger partial charge in [-0.05, 0) is 29.8 Å². The number of para-hydroxylation sites is 2. The number of halogens is 1. The second-order valence-electron chi connectivity index (χ2n) is 7.06. The predicted molar refractivity (Wildman–Crippen MR) is 128 cm³/mol. The predicted octanol–water partition coefficient (Wildman–Crippen LogP) is 2.62. The highest BCUT2D eigenvalue weighted by Crippen LogP contribution is 2.30. The number of nitrogens with one attached hydrogen (secondary N) is 3. The van der Waals surface area contributed by atoms with Crippen molar-refractivity contribution in [3.05, 3.63) is 89.7 Å². The number of amides is 3. The van der Waals surface area contributed by atoms with Crippen molar-refractivity contribution in [2.75, 3.05) is 19.0 Å². The maximum atomic E-state index is 13.6. The van der Waals surface area contributed by atoms with Crippen LogP contribution in [0.3, 0.4) is 0 Å². The molecule has 3 rings (SSSR count). The summed E-state index contributed by atoms with van der Waals surface area (Å²) < 4.78 is 24.6. The van der Waals surface area contributed by atoms with Gasteiger partial charge in [-0.1, -0.05) is 48.5 Å². The molecule has 3 N–H and O–H groups in total. The lowest BCUT2D eigenvalue weighted by molar-refractivity contribution is -0.136. The van der Waals surface area contributed by atoms with Crippen LogP contribution in [0.2, 0.25) is 0 Å². The van der Waals surface area contributed by atoms with Crippen molar-refractivity contribution in [2.24, 2.45) is 5.10 Å². The zero-order valence-corrected chi connectivity index (χ0v) is 18.8. The number of carbonyl (C=O) groups is 3. The fourth-order valence-corrected chi connectivity index (χ4v) is 2.89. The number of ether oxygens (including phenoxy) is 2. The van der Waals surface area contributed by atoms with E-state index in [1.54, 1.807) is 18.2 Å². The standard InChI is InChI=1S/C25H23FN4O5/c1-34-21-13-7-10-18(23(21)35-16-22(31)27-14-17-8-3-2-4-9-17)15-28-30-25(33)24(32)29-20-12-6-5-11-19(20)26/h2-13,15H,14,16H2,1H3,(H,27,31)(H,29,32)(H,30,33)/b28-15-. The number of anilines is 1. The van der Waals surface area contributed by atoms with E-state index in [1.807, 2.05) is 30.3 Å². The number of benzene rings is 3. The van der Waals surface area contributed by atoms with Crippen molar-refractivity contribution in [3.8, 4) is 11.5 Å².